The Balaban J connectivity index is 1.94. The number of ketones is 2. The van der Waals surface area contributed by atoms with Crippen molar-refractivity contribution in [2.24, 2.45) is 29.1 Å². The Kier molecular flexibility index (Phi) is 4.88. The van der Waals surface area contributed by atoms with E-state index in [2.05, 4.69) is 0 Å². The first-order chi connectivity index (χ1) is 11.8. The van der Waals surface area contributed by atoms with Gasteiger partial charge in [0.05, 0.1) is 24.0 Å². The molecule has 0 saturated heterocycles. The number of fused-ring (bicyclic) bond motifs is 1. The number of hydrogen-bond acceptors (Lipinski definition) is 6. The number of Topliss-reactive ketones (excluding diaryl/α,β-unsaturated/α-hetero) is 2. The van der Waals surface area contributed by atoms with Gasteiger partial charge in [-0.05, 0) is 29.7 Å². The first-order valence-electron chi connectivity index (χ1n) is 8.84. The average molecular weight is 350 g/mol. The van der Waals surface area contributed by atoms with Crippen LogP contribution in [0.5, 0.6) is 0 Å². The van der Waals surface area contributed by atoms with E-state index in [0.29, 0.717) is 12.0 Å². The van der Waals surface area contributed by atoms with Gasteiger partial charge in [-0.2, -0.15) is 0 Å². The summed E-state index contributed by atoms with van der Waals surface area (Å²) >= 11 is 0. The normalized spacial score (nSPS) is 41.4. The molecule has 3 N–H and O–H groups in total. The summed E-state index contributed by atoms with van der Waals surface area (Å²) < 4.78 is 4.98. The number of aliphatic hydroxyl groups is 3. The molecule has 0 amide bonds. The Morgan fingerprint density at radius 3 is 2.72 bits per heavy atom. The van der Waals surface area contributed by atoms with E-state index in [1.807, 2.05) is 13.8 Å². The Hall–Kier alpha value is -1.50. The maximum atomic E-state index is 12.6. The van der Waals surface area contributed by atoms with E-state index in [1.54, 1.807) is 6.07 Å². The van der Waals surface area contributed by atoms with Crippen molar-refractivity contribution in [3.63, 3.8) is 0 Å². The molecule has 0 aliphatic heterocycles. The minimum Gasteiger partial charge on any atom is -0.472 e. The predicted molar refractivity (Wildman–Crippen MR) is 88.7 cm³/mol. The van der Waals surface area contributed by atoms with E-state index >= 15 is 0 Å². The van der Waals surface area contributed by atoms with Gasteiger partial charge in [-0.3, -0.25) is 9.59 Å². The van der Waals surface area contributed by atoms with Crippen LogP contribution in [-0.2, 0) is 4.79 Å². The van der Waals surface area contributed by atoms with Crippen LogP contribution in [0.2, 0.25) is 0 Å². The zero-order valence-electron chi connectivity index (χ0n) is 14.6. The van der Waals surface area contributed by atoms with Crippen LogP contribution in [0.25, 0.3) is 0 Å². The summed E-state index contributed by atoms with van der Waals surface area (Å²) in [6.45, 7) is 3.52. The molecule has 2 aliphatic carbocycles. The number of carbonyl (C=O) groups excluding carboxylic acids is 2. The lowest BCUT2D eigenvalue weighted by Crippen LogP contribution is -2.60. The van der Waals surface area contributed by atoms with E-state index in [4.69, 9.17) is 4.42 Å². The SMILES string of the molecule is C[C@H]1C(=O)C[C@@H]2[C@H](CO)[C@H](O)[C@H](O)C[C@@]2(C)[C@@H]1CC(=O)c1ccoc1. The molecule has 0 radical (unpaired) electrons. The van der Waals surface area contributed by atoms with Crippen LogP contribution in [0.3, 0.4) is 0 Å². The molecule has 2 aliphatic rings. The topological polar surface area (TPSA) is 108 Å². The number of hydrogen-bond donors (Lipinski definition) is 3. The largest absolute Gasteiger partial charge is 0.472 e. The van der Waals surface area contributed by atoms with Gasteiger partial charge in [0.15, 0.2) is 5.78 Å². The van der Waals surface area contributed by atoms with Gasteiger partial charge in [0, 0.05) is 31.3 Å². The van der Waals surface area contributed by atoms with Gasteiger partial charge in [0.25, 0.3) is 0 Å². The number of rotatable bonds is 4. The van der Waals surface area contributed by atoms with Crippen molar-refractivity contribution in [2.45, 2.75) is 45.3 Å². The second-order valence-corrected chi connectivity index (χ2v) is 7.93. The van der Waals surface area contributed by atoms with Gasteiger partial charge in [0.1, 0.15) is 12.0 Å². The highest BCUT2D eigenvalue weighted by atomic mass is 16.3. The fourth-order valence-corrected chi connectivity index (χ4v) is 5.13. The zero-order valence-corrected chi connectivity index (χ0v) is 14.6. The summed E-state index contributed by atoms with van der Waals surface area (Å²) in [6, 6.07) is 1.60. The molecular weight excluding hydrogens is 324 g/mol. The fraction of sp³-hybridized carbons (Fsp3) is 0.684. The minimum atomic E-state index is -1.05. The van der Waals surface area contributed by atoms with Crippen molar-refractivity contribution < 1.29 is 29.3 Å². The number of aliphatic hydroxyl groups excluding tert-OH is 3. The molecule has 0 unspecified atom stereocenters. The maximum Gasteiger partial charge on any atom is 0.166 e. The summed E-state index contributed by atoms with van der Waals surface area (Å²) in [4.78, 5) is 25.2. The lowest BCUT2D eigenvalue weighted by molar-refractivity contribution is -0.176. The van der Waals surface area contributed by atoms with Gasteiger partial charge in [-0.1, -0.05) is 13.8 Å². The smallest absolute Gasteiger partial charge is 0.166 e. The van der Waals surface area contributed by atoms with Crippen molar-refractivity contribution in [3.8, 4) is 0 Å². The third kappa shape index (κ3) is 2.96. The summed E-state index contributed by atoms with van der Waals surface area (Å²) in [6.07, 6.45) is 1.59. The Morgan fingerprint density at radius 2 is 2.12 bits per heavy atom. The molecule has 25 heavy (non-hydrogen) atoms. The Morgan fingerprint density at radius 1 is 1.40 bits per heavy atom. The lowest BCUT2D eigenvalue weighted by atomic mass is 9.48. The lowest BCUT2D eigenvalue weighted by Gasteiger charge is -2.57. The van der Waals surface area contributed by atoms with Gasteiger partial charge in [-0.25, -0.2) is 0 Å². The van der Waals surface area contributed by atoms with Crippen molar-refractivity contribution in [2.75, 3.05) is 6.61 Å². The quantitative estimate of drug-likeness (QED) is 0.709. The van der Waals surface area contributed by atoms with Gasteiger partial charge in [-0.15, -0.1) is 0 Å². The third-order valence-corrected chi connectivity index (χ3v) is 6.68. The summed E-state index contributed by atoms with van der Waals surface area (Å²) in [5.41, 5.74) is -0.0286. The van der Waals surface area contributed by atoms with E-state index < -0.39 is 23.5 Å². The van der Waals surface area contributed by atoms with E-state index in [0.717, 1.165) is 0 Å². The highest BCUT2D eigenvalue weighted by molar-refractivity contribution is 5.96. The number of carbonyl (C=O) groups is 2. The molecule has 6 nitrogen and oxygen atoms in total. The van der Waals surface area contributed by atoms with Gasteiger partial charge >= 0.3 is 0 Å². The molecule has 6 heteroatoms. The summed E-state index contributed by atoms with van der Waals surface area (Å²) in [5.74, 6) is -1.41. The molecule has 3 rings (SSSR count). The Labute approximate surface area is 146 Å². The second kappa shape index (κ2) is 6.67. The van der Waals surface area contributed by atoms with Crippen LogP contribution in [0.4, 0.5) is 0 Å². The highest BCUT2D eigenvalue weighted by Gasteiger charge is 2.58. The van der Waals surface area contributed by atoms with Crippen LogP contribution in [0, 0.1) is 29.1 Å². The molecule has 2 fully saturated rings. The molecular formula is C19H26O6. The van der Waals surface area contributed by atoms with Crippen molar-refractivity contribution in [1.29, 1.82) is 0 Å². The van der Waals surface area contributed by atoms with Gasteiger partial charge in [0.2, 0.25) is 0 Å². The molecule has 1 aromatic rings. The Bertz CT molecular complexity index is 638. The first-order valence-corrected chi connectivity index (χ1v) is 8.84. The van der Waals surface area contributed by atoms with E-state index in [9.17, 15) is 24.9 Å². The molecule has 0 spiro atoms. The monoisotopic (exact) mass is 350 g/mol. The van der Waals surface area contributed by atoms with Crippen LogP contribution in [-0.4, -0.2) is 45.7 Å². The summed E-state index contributed by atoms with van der Waals surface area (Å²) in [7, 11) is 0. The zero-order chi connectivity index (χ0) is 18.4. The first kappa shape index (κ1) is 18.3. The standard InChI is InChI=1S/C19H26O6/c1-10-13(5-16(22)11-3-4-25-9-11)19(2)7-17(23)18(24)12(8-20)14(19)6-15(10)21/h3-4,9-10,12-14,17-18,20,23-24H,5-8H2,1-2H3/t10-,12+,13-,14-,17-,18+,19+/m1/s1. The maximum absolute atomic E-state index is 12.6. The molecule has 1 aromatic heterocycles. The molecule has 0 bridgehead atoms. The predicted octanol–water partition coefficient (Wildman–Crippen LogP) is 1.43. The third-order valence-electron chi connectivity index (χ3n) is 6.68. The fourth-order valence-electron chi connectivity index (χ4n) is 5.13. The molecule has 138 valence electrons. The van der Waals surface area contributed by atoms with Crippen LogP contribution in [0.15, 0.2) is 23.0 Å². The molecule has 7 atom stereocenters. The van der Waals surface area contributed by atoms with Crippen LogP contribution in [0.1, 0.15) is 43.5 Å². The van der Waals surface area contributed by atoms with Crippen LogP contribution < -0.4 is 0 Å². The van der Waals surface area contributed by atoms with Crippen molar-refractivity contribution >= 4 is 11.6 Å². The van der Waals surface area contributed by atoms with E-state index in [1.165, 1.54) is 12.5 Å². The minimum absolute atomic E-state index is 0.0505. The van der Waals surface area contributed by atoms with Crippen LogP contribution >= 0.6 is 0 Å². The second-order valence-electron chi connectivity index (χ2n) is 7.93. The van der Waals surface area contributed by atoms with Crippen molar-refractivity contribution in [3.05, 3.63) is 24.2 Å². The molecule has 1 heterocycles. The average Bonchev–Trinajstić information content (AvgIpc) is 3.10. The van der Waals surface area contributed by atoms with E-state index in [-0.39, 0.29) is 48.8 Å². The molecule has 2 saturated carbocycles. The molecule has 0 aromatic carbocycles. The van der Waals surface area contributed by atoms with Crippen molar-refractivity contribution in [1.82, 2.24) is 0 Å². The van der Waals surface area contributed by atoms with Gasteiger partial charge < -0.3 is 19.7 Å². The summed E-state index contributed by atoms with van der Waals surface area (Å²) in [5, 5.41) is 30.3. The highest BCUT2D eigenvalue weighted by Crippen LogP contribution is 2.57. The number of furan rings is 1.